The molecule has 0 aromatic carbocycles. The highest BCUT2D eigenvalue weighted by Gasteiger charge is 2.18. The number of rotatable bonds is 4. The van der Waals surface area contributed by atoms with Gasteiger partial charge in [0.25, 0.3) is 0 Å². The lowest BCUT2D eigenvalue weighted by Gasteiger charge is -2.19. The van der Waals surface area contributed by atoms with Gasteiger partial charge in [-0.1, -0.05) is 0 Å². The SMILES string of the molecule is CN(C)C(=O)CN(C)C(=O)Nc1sccc1C(=O)O. The van der Waals surface area contributed by atoms with E-state index in [2.05, 4.69) is 5.32 Å². The second-order valence-electron chi connectivity index (χ2n) is 4.04. The molecule has 0 spiro atoms. The third kappa shape index (κ3) is 3.95. The molecule has 2 N–H and O–H groups in total. The molecule has 0 unspecified atom stereocenters. The number of nitrogens with zero attached hydrogens (tertiary/aromatic N) is 2. The van der Waals surface area contributed by atoms with Gasteiger partial charge >= 0.3 is 12.0 Å². The van der Waals surface area contributed by atoms with Gasteiger partial charge in [0.1, 0.15) is 11.5 Å². The number of likely N-dealkylation sites (N-methyl/N-ethyl adjacent to an activating group) is 2. The molecule has 0 saturated heterocycles. The van der Waals surface area contributed by atoms with Crippen LogP contribution in [-0.4, -0.2) is 60.5 Å². The van der Waals surface area contributed by atoms with Gasteiger partial charge < -0.3 is 14.9 Å². The number of carbonyl (C=O) groups is 3. The molecule has 1 heterocycles. The summed E-state index contributed by atoms with van der Waals surface area (Å²) in [6.45, 7) is -0.0768. The monoisotopic (exact) mass is 285 g/mol. The summed E-state index contributed by atoms with van der Waals surface area (Å²) in [5.41, 5.74) is 0.0330. The van der Waals surface area contributed by atoms with Gasteiger partial charge in [-0.15, -0.1) is 11.3 Å². The maximum Gasteiger partial charge on any atom is 0.338 e. The van der Waals surface area contributed by atoms with Crippen LogP contribution in [-0.2, 0) is 4.79 Å². The van der Waals surface area contributed by atoms with E-state index in [-0.39, 0.29) is 23.0 Å². The van der Waals surface area contributed by atoms with Crippen LogP contribution in [0, 0.1) is 0 Å². The van der Waals surface area contributed by atoms with Crippen molar-refractivity contribution in [3.63, 3.8) is 0 Å². The van der Waals surface area contributed by atoms with Gasteiger partial charge in [0.15, 0.2) is 0 Å². The number of carboxylic acid groups (broad SMARTS) is 1. The number of hydrogen-bond donors (Lipinski definition) is 2. The summed E-state index contributed by atoms with van der Waals surface area (Å²) in [7, 11) is 4.65. The van der Waals surface area contributed by atoms with Crippen LogP contribution >= 0.6 is 11.3 Å². The predicted octanol–water partition coefficient (Wildman–Crippen LogP) is 0.998. The number of thiophene rings is 1. The van der Waals surface area contributed by atoms with Crippen LogP contribution in [0.3, 0.4) is 0 Å². The van der Waals surface area contributed by atoms with Crippen molar-refractivity contribution < 1.29 is 19.5 Å². The van der Waals surface area contributed by atoms with Crippen molar-refractivity contribution >= 4 is 34.2 Å². The van der Waals surface area contributed by atoms with Crippen molar-refractivity contribution in [2.45, 2.75) is 0 Å². The topological polar surface area (TPSA) is 90.0 Å². The first-order valence-corrected chi connectivity index (χ1v) is 6.24. The maximum atomic E-state index is 11.8. The van der Waals surface area contributed by atoms with Gasteiger partial charge in [-0.25, -0.2) is 9.59 Å². The summed E-state index contributed by atoms with van der Waals surface area (Å²) in [5.74, 6) is -1.33. The van der Waals surface area contributed by atoms with E-state index in [1.807, 2.05) is 0 Å². The summed E-state index contributed by atoms with van der Waals surface area (Å²) in [5, 5.41) is 13.2. The Morgan fingerprint density at radius 2 is 1.95 bits per heavy atom. The van der Waals surface area contributed by atoms with Crippen LogP contribution in [0.2, 0.25) is 0 Å². The number of carboxylic acids is 1. The molecular weight excluding hydrogens is 270 g/mol. The normalized spacial score (nSPS) is 9.84. The highest BCUT2D eigenvalue weighted by atomic mass is 32.1. The van der Waals surface area contributed by atoms with Gasteiger partial charge in [0.2, 0.25) is 5.91 Å². The third-order valence-electron chi connectivity index (χ3n) is 2.33. The Labute approximate surface area is 114 Å². The minimum Gasteiger partial charge on any atom is -0.478 e. The van der Waals surface area contributed by atoms with Crippen molar-refractivity contribution in [3.8, 4) is 0 Å². The molecule has 0 aliphatic rings. The van der Waals surface area contributed by atoms with Crippen LogP contribution in [0.4, 0.5) is 9.80 Å². The van der Waals surface area contributed by atoms with Crippen molar-refractivity contribution in [2.24, 2.45) is 0 Å². The highest BCUT2D eigenvalue weighted by Crippen LogP contribution is 2.23. The molecule has 0 bridgehead atoms. The molecule has 0 atom stereocenters. The first-order chi connectivity index (χ1) is 8.82. The average molecular weight is 285 g/mol. The fraction of sp³-hybridized carbons (Fsp3) is 0.364. The van der Waals surface area contributed by atoms with E-state index >= 15 is 0 Å². The third-order valence-corrected chi connectivity index (χ3v) is 3.16. The number of anilines is 1. The van der Waals surface area contributed by atoms with Crippen LogP contribution in [0.1, 0.15) is 10.4 Å². The van der Waals surface area contributed by atoms with Crippen LogP contribution in [0.25, 0.3) is 0 Å². The Hall–Kier alpha value is -2.09. The van der Waals surface area contributed by atoms with Crippen molar-refractivity contribution in [1.29, 1.82) is 0 Å². The summed E-state index contributed by atoms with van der Waals surface area (Å²) >= 11 is 1.11. The molecular formula is C11H15N3O4S. The standard InChI is InChI=1S/C11H15N3O4S/c1-13(2)8(15)6-14(3)11(18)12-9-7(10(16)17)4-5-19-9/h4-5H,6H2,1-3H3,(H,12,18)(H,16,17). The smallest absolute Gasteiger partial charge is 0.338 e. The molecule has 3 amide bonds. The Balaban J connectivity index is 2.66. The Morgan fingerprint density at radius 1 is 1.32 bits per heavy atom. The van der Waals surface area contributed by atoms with Crippen LogP contribution < -0.4 is 5.32 Å². The van der Waals surface area contributed by atoms with Gasteiger partial charge in [-0.05, 0) is 11.4 Å². The average Bonchev–Trinajstić information content (AvgIpc) is 2.76. The Kier molecular flexibility index (Phi) is 4.87. The van der Waals surface area contributed by atoms with Crippen molar-refractivity contribution in [1.82, 2.24) is 9.80 Å². The lowest BCUT2D eigenvalue weighted by Crippen LogP contribution is -2.39. The predicted molar refractivity (Wildman–Crippen MR) is 71.6 cm³/mol. The second-order valence-corrected chi connectivity index (χ2v) is 4.96. The maximum absolute atomic E-state index is 11.8. The van der Waals surface area contributed by atoms with Crippen molar-refractivity contribution in [2.75, 3.05) is 33.0 Å². The lowest BCUT2D eigenvalue weighted by molar-refractivity contribution is -0.129. The summed E-state index contributed by atoms with van der Waals surface area (Å²) in [6.07, 6.45) is 0. The van der Waals surface area contributed by atoms with Crippen LogP contribution in [0.15, 0.2) is 11.4 Å². The minimum absolute atomic E-state index is 0.0330. The fourth-order valence-corrected chi connectivity index (χ4v) is 1.95. The number of hydrogen-bond acceptors (Lipinski definition) is 4. The van der Waals surface area contributed by atoms with Crippen molar-refractivity contribution in [3.05, 3.63) is 17.0 Å². The van der Waals surface area contributed by atoms with E-state index in [9.17, 15) is 14.4 Å². The van der Waals surface area contributed by atoms with E-state index in [1.54, 1.807) is 19.5 Å². The van der Waals surface area contributed by atoms with E-state index in [0.29, 0.717) is 0 Å². The minimum atomic E-state index is -1.11. The number of aromatic carboxylic acids is 1. The number of carbonyl (C=O) groups excluding carboxylic acids is 2. The molecule has 104 valence electrons. The fourth-order valence-electron chi connectivity index (χ4n) is 1.18. The molecule has 8 heteroatoms. The number of urea groups is 1. The first-order valence-electron chi connectivity index (χ1n) is 5.36. The van der Waals surface area contributed by atoms with E-state index < -0.39 is 12.0 Å². The molecule has 1 aromatic heterocycles. The van der Waals surface area contributed by atoms with Crippen LogP contribution in [0.5, 0.6) is 0 Å². The van der Waals surface area contributed by atoms with E-state index in [0.717, 1.165) is 11.3 Å². The van der Waals surface area contributed by atoms with Gasteiger partial charge in [0.05, 0.1) is 5.56 Å². The molecule has 7 nitrogen and oxygen atoms in total. The molecule has 1 aromatic rings. The molecule has 1 rings (SSSR count). The van der Waals surface area contributed by atoms with Gasteiger partial charge in [-0.3, -0.25) is 10.1 Å². The summed E-state index contributed by atoms with van der Waals surface area (Å²) in [4.78, 5) is 36.7. The largest absolute Gasteiger partial charge is 0.478 e. The van der Waals surface area contributed by atoms with E-state index in [4.69, 9.17) is 5.11 Å². The molecule has 0 aliphatic heterocycles. The molecule has 0 radical (unpaired) electrons. The first kappa shape index (κ1) is 15.0. The zero-order valence-corrected chi connectivity index (χ0v) is 11.7. The number of amides is 3. The zero-order chi connectivity index (χ0) is 14.6. The van der Waals surface area contributed by atoms with Gasteiger partial charge in [0, 0.05) is 21.1 Å². The quantitative estimate of drug-likeness (QED) is 0.863. The highest BCUT2D eigenvalue weighted by molar-refractivity contribution is 7.14. The molecule has 0 aliphatic carbocycles. The zero-order valence-electron chi connectivity index (χ0n) is 10.8. The Morgan fingerprint density at radius 3 is 2.47 bits per heavy atom. The van der Waals surface area contributed by atoms with Gasteiger partial charge in [-0.2, -0.15) is 0 Å². The number of nitrogens with one attached hydrogen (secondary N) is 1. The summed E-state index contributed by atoms with van der Waals surface area (Å²) in [6, 6.07) is 0.883. The summed E-state index contributed by atoms with van der Waals surface area (Å²) < 4.78 is 0. The van der Waals surface area contributed by atoms with E-state index in [1.165, 1.54) is 22.9 Å². The molecule has 19 heavy (non-hydrogen) atoms. The lowest BCUT2D eigenvalue weighted by atomic mass is 10.3. The molecule has 0 saturated carbocycles. The second kappa shape index (κ2) is 6.19. The Bertz CT molecular complexity index is 498. The molecule has 0 fully saturated rings.